The van der Waals surface area contributed by atoms with Gasteiger partial charge in [-0.2, -0.15) is 0 Å². The number of nitrogens with one attached hydrogen (secondary N) is 1. The molecule has 0 fully saturated rings. The number of nitrogens with zero attached hydrogens (tertiary/aromatic N) is 2. The van der Waals surface area contributed by atoms with Crippen molar-refractivity contribution < 1.29 is 9.47 Å². The molecule has 0 amide bonds. The maximum Gasteiger partial charge on any atom is 0.254 e. The molecule has 0 saturated heterocycles. The fourth-order valence-corrected chi connectivity index (χ4v) is 3.66. The predicted molar refractivity (Wildman–Crippen MR) is 101 cm³/mol. The van der Waals surface area contributed by atoms with Gasteiger partial charge in [-0.05, 0) is 24.1 Å². The highest BCUT2D eigenvalue weighted by Crippen LogP contribution is 2.33. The summed E-state index contributed by atoms with van der Waals surface area (Å²) < 4.78 is 10.8. The second-order valence-electron chi connectivity index (χ2n) is 6.85. The molecule has 0 aliphatic carbocycles. The monoisotopic (exact) mass is 361 g/mol. The van der Waals surface area contributed by atoms with Crippen molar-refractivity contribution in [3.63, 3.8) is 0 Å². The number of hydrogen-bond donors (Lipinski definition) is 1. The molecule has 136 valence electrons. The van der Waals surface area contributed by atoms with Crippen LogP contribution in [0.25, 0.3) is 11.4 Å². The van der Waals surface area contributed by atoms with E-state index in [4.69, 9.17) is 14.5 Å². The van der Waals surface area contributed by atoms with Gasteiger partial charge < -0.3 is 14.5 Å². The van der Waals surface area contributed by atoms with Crippen LogP contribution in [-0.2, 0) is 19.5 Å². The lowest BCUT2D eigenvalue weighted by Gasteiger charge is -2.27. The lowest BCUT2D eigenvalue weighted by Crippen LogP contribution is -2.35. The Labute approximate surface area is 156 Å². The van der Waals surface area contributed by atoms with Crippen molar-refractivity contribution in [3.8, 4) is 22.9 Å². The summed E-state index contributed by atoms with van der Waals surface area (Å²) in [5, 5.41) is 0. The molecule has 6 nitrogen and oxygen atoms in total. The largest absolute Gasteiger partial charge is 0.454 e. The van der Waals surface area contributed by atoms with Gasteiger partial charge in [-0.3, -0.25) is 9.69 Å². The molecule has 0 unspecified atom stereocenters. The van der Waals surface area contributed by atoms with Crippen molar-refractivity contribution in [2.75, 3.05) is 13.3 Å². The van der Waals surface area contributed by atoms with Crippen LogP contribution in [-0.4, -0.2) is 28.2 Å². The van der Waals surface area contributed by atoms with Gasteiger partial charge in [0.05, 0.1) is 5.69 Å². The molecule has 0 radical (unpaired) electrons. The van der Waals surface area contributed by atoms with E-state index in [1.54, 1.807) is 0 Å². The highest BCUT2D eigenvalue weighted by atomic mass is 16.7. The number of aromatic amines is 1. The van der Waals surface area contributed by atoms with E-state index in [1.807, 2.05) is 42.5 Å². The van der Waals surface area contributed by atoms with Gasteiger partial charge in [0, 0.05) is 30.8 Å². The Morgan fingerprint density at radius 1 is 1.07 bits per heavy atom. The van der Waals surface area contributed by atoms with Gasteiger partial charge in [-0.15, -0.1) is 0 Å². The molecule has 2 aromatic carbocycles. The smallest absolute Gasteiger partial charge is 0.254 e. The normalized spacial score (nSPS) is 15.6. The van der Waals surface area contributed by atoms with Crippen LogP contribution in [0.5, 0.6) is 11.5 Å². The van der Waals surface area contributed by atoms with E-state index in [0.717, 1.165) is 47.0 Å². The Morgan fingerprint density at radius 2 is 1.93 bits per heavy atom. The Balaban J connectivity index is 1.40. The maximum absolute atomic E-state index is 12.5. The first-order valence-corrected chi connectivity index (χ1v) is 9.04. The number of benzene rings is 2. The number of hydrogen-bond acceptors (Lipinski definition) is 5. The van der Waals surface area contributed by atoms with Crippen LogP contribution in [0.2, 0.25) is 0 Å². The van der Waals surface area contributed by atoms with Crippen molar-refractivity contribution in [1.29, 1.82) is 0 Å². The van der Waals surface area contributed by atoms with Crippen molar-refractivity contribution in [3.05, 3.63) is 75.7 Å². The number of H-pyrrole nitrogens is 1. The second kappa shape index (κ2) is 6.55. The van der Waals surface area contributed by atoms with Crippen molar-refractivity contribution in [1.82, 2.24) is 14.9 Å². The lowest BCUT2D eigenvalue weighted by atomic mass is 10.0. The highest BCUT2D eigenvalue weighted by molar-refractivity contribution is 5.54. The number of fused-ring (bicyclic) bond motifs is 2. The first-order valence-electron chi connectivity index (χ1n) is 9.04. The fourth-order valence-electron chi connectivity index (χ4n) is 3.66. The van der Waals surface area contributed by atoms with Gasteiger partial charge in [-0.1, -0.05) is 36.4 Å². The van der Waals surface area contributed by atoms with Crippen LogP contribution in [0.3, 0.4) is 0 Å². The van der Waals surface area contributed by atoms with E-state index >= 15 is 0 Å². The Morgan fingerprint density at radius 3 is 2.81 bits per heavy atom. The average molecular weight is 361 g/mol. The zero-order valence-electron chi connectivity index (χ0n) is 14.8. The first-order chi connectivity index (χ1) is 13.3. The molecule has 27 heavy (non-hydrogen) atoms. The van der Waals surface area contributed by atoms with Gasteiger partial charge in [0.2, 0.25) is 6.79 Å². The van der Waals surface area contributed by atoms with E-state index in [0.29, 0.717) is 18.8 Å². The molecule has 0 bridgehead atoms. The summed E-state index contributed by atoms with van der Waals surface area (Å²) in [4.78, 5) is 22.5. The third-order valence-corrected chi connectivity index (χ3v) is 5.04. The van der Waals surface area contributed by atoms with Crippen LogP contribution < -0.4 is 15.0 Å². The summed E-state index contributed by atoms with van der Waals surface area (Å²) in [5.74, 6) is 2.22. The van der Waals surface area contributed by atoms with E-state index in [9.17, 15) is 4.79 Å². The molecule has 1 aromatic heterocycles. The summed E-state index contributed by atoms with van der Waals surface area (Å²) in [6.45, 7) is 2.56. The van der Waals surface area contributed by atoms with E-state index in [1.165, 1.54) is 0 Å². The van der Waals surface area contributed by atoms with Crippen molar-refractivity contribution in [2.45, 2.75) is 19.5 Å². The number of rotatable bonds is 3. The SMILES string of the molecule is O=c1[nH]c(-c2ccccc2)nc2c1CCN(Cc1ccc3c(c1)OCO3)C2. The van der Waals surface area contributed by atoms with Gasteiger partial charge in [-0.25, -0.2) is 4.98 Å². The predicted octanol–water partition coefficient (Wildman–Crippen LogP) is 2.72. The molecule has 3 heterocycles. The Kier molecular flexibility index (Phi) is 3.90. The molecule has 2 aliphatic rings. The molecule has 1 N–H and O–H groups in total. The Bertz CT molecular complexity index is 1050. The zero-order chi connectivity index (χ0) is 18.2. The van der Waals surface area contributed by atoms with Crippen LogP contribution in [0.1, 0.15) is 16.8 Å². The summed E-state index contributed by atoms with van der Waals surface area (Å²) >= 11 is 0. The summed E-state index contributed by atoms with van der Waals surface area (Å²) in [6.07, 6.45) is 0.706. The second-order valence-corrected chi connectivity index (χ2v) is 6.85. The minimum Gasteiger partial charge on any atom is -0.454 e. The fraction of sp³-hybridized carbons (Fsp3) is 0.238. The van der Waals surface area contributed by atoms with Crippen molar-refractivity contribution >= 4 is 0 Å². The van der Waals surface area contributed by atoms with Crippen LogP contribution in [0, 0.1) is 0 Å². The topological polar surface area (TPSA) is 67.5 Å². The molecular formula is C21H19N3O3. The molecule has 0 atom stereocenters. The lowest BCUT2D eigenvalue weighted by molar-refractivity contribution is 0.174. The quantitative estimate of drug-likeness (QED) is 0.777. The van der Waals surface area contributed by atoms with E-state index < -0.39 is 0 Å². The third kappa shape index (κ3) is 3.08. The summed E-state index contributed by atoms with van der Waals surface area (Å²) in [7, 11) is 0. The van der Waals surface area contributed by atoms with E-state index in [-0.39, 0.29) is 12.4 Å². The molecule has 0 spiro atoms. The number of aromatic nitrogens is 2. The van der Waals surface area contributed by atoms with E-state index in [2.05, 4.69) is 16.0 Å². The van der Waals surface area contributed by atoms with Gasteiger partial charge in [0.15, 0.2) is 11.5 Å². The van der Waals surface area contributed by atoms with Gasteiger partial charge in [0.1, 0.15) is 5.82 Å². The minimum atomic E-state index is -0.0263. The molecule has 6 heteroatoms. The van der Waals surface area contributed by atoms with Crippen molar-refractivity contribution in [2.24, 2.45) is 0 Å². The van der Waals surface area contributed by atoms with Gasteiger partial charge >= 0.3 is 0 Å². The molecule has 0 saturated carbocycles. The van der Waals surface area contributed by atoms with Gasteiger partial charge in [0.25, 0.3) is 5.56 Å². The standard InChI is InChI=1S/C21H19N3O3/c25-21-16-8-9-24(11-14-6-7-18-19(10-14)27-13-26-18)12-17(16)22-20(23-21)15-4-2-1-3-5-15/h1-7,10H,8-9,11-13H2,(H,22,23,25). The average Bonchev–Trinajstić information content (AvgIpc) is 3.16. The minimum absolute atomic E-state index is 0.0263. The Hall–Kier alpha value is -3.12. The first kappa shape index (κ1) is 16.1. The summed E-state index contributed by atoms with van der Waals surface area (Å²) in [5.41, 5.74) is 3.73. The third-order valence-electron chi connectivity index (χ3n) is 5.04. The highest BCUT2D eigenvalue weighted by Gasteiger charge is 2.22. The molecule has 5 rings (SSSR count). The molecule has 2 aliphatic heterocycles. The van der Waals surface area contributed by atoms with Crippen LogP contribution in [0.15, 0.2) is 53.3 Å². The molecule has 3 aromatic rings. The zero-order valence-corrected chi connectivity index (χ0v) is 14.8. The molecular weight excluding hydrogens is 342 g/mol. The van der Waals surface area contributed by atoms with Crippen LogP contribution >= 0.6 is 0 Å². The van der Waals surface area contributed by atoms with Crippen LogP contribution in [0.4, 0.5) is 0 Å². The summed E-state index contributed by atoms with van der Waals surface area (Å²) in [6, 6.07) is 15.8. The number of ether oxygens (including phenoxy) is 2. The maximum atomic E-state index is 12.5.